The van der Waals surface area contributed by atoms with Crippen LogP contribution in [0.1, 0.15) is 361 Å². The lowest BCUT2D eigenvalue weighted by Gasteiger charge is -2.18. The van der Waals surface area contributed by atoms with E-state index >= 15 is 0 Å². The molecule has 0 aliphatic rings. The topological polar surface area (TPSA) is 78.9 Å². The van der Waals surface area contributed by atoms with Gasteiger partial charge < -0.3 is 14.2 Å². The van der Waals surface area contributed by atoms with Gasteiger partial charge in [0.25, 0.3) is 0 Å². The Morgan fingerprint density at radius 2 is 0.476 bits per heavy atom. The fourth-order valence-electron chi connectivity index (χ4n) is 10.3. The van der Waals surface area contributed by atoms with E-state index < -0.39 is 6.10 Å². The number of unbranched alkanes of at least 4 members (excludes halogenated alkanes) is 40. The first-order chi connectivity index (χ1) is 40.5. The molecule has 0 aliphatic carbocycles. The van der Waals surface area contributed by atoms with Gasteiger partial charge in [-0.15, -0.1) is 0 Å². The SMILES string of the molecule is CC/C=C\C/C=C\C/C=C\C/C=C\C/C=C\CCCCCCCCCCCCCCCC(=O)OCC(COC(=O)CCCCCCC/C=C\C/C=C\CCCCCC)OC(=O)CCCCCCCCCCCCCCCCCCCCC. The zero-order chi connectivity index (χ0) is 59.2. The highest BCUT2D eigenvalue weighted by Crippen LogP contribution is 2.18. The summed E-state index contributed by atoms with van der Waals surface area (Å²) in [5, 5.41) is 0. The van der Waals surface area contributed by atoms with Crippen LogP contribution in [0.25, 0.3) is 0 Å². The van der Waals surface area contributed by atoms with E-state index in [0.717, 1.165) is 109 Å². The minimum atomic E-state index is -0.782. The predicted octanol–water partition coefficient (Wildman–Crippen LogP) is 24.6. The van der Waals surface area contributed by atoms with Crippen LogP contribution >= 0.6 is 0 Å². The molecular weight excluding hydrogens is 1010 g/mol. The van der Waals surface area contributed by atoms with E-state index in [1.54, 1.807) is 0 Å². The molecule has 1 atom stereocenters. The van der Waals surface area contributed by atoms with Gasteiger partial charge >= 0.3 is 17.9 Å². The van der Waals surface area contributed by atoms with Crippen molar-refractivity contribution in [1.29, 1.82) is 0 Å². The fraction of sp³-hybridized carbons (Fsp3) is 0.776. The summed E-state index contributed by atoms with van der Waals surface area (Å²) in [6.07, 6.45) is 93.2. The molecule has 0 aliphatic heterocycles. The van der Waals surface area contributed by atoms with Crippen LogP contribution in [-0.4, -0.2) is 37.2 Å². The molecule has 6 heteroatoms. The zero-order valence-corrected chi connectivity index (χ0v) is 54.5. The first kappa shape index (κ1) is 78.6. The Morgan fingerprint density at radius 3 is 0.756 bits per heavy atom. The van der Waals surface area contributed by atoms with Gasteiger partial charge in [-0.3, -0.25) is 14.4 Å². The number of rotatable bonds is 65. The van der Waals surface area contributed by atoms with Gasteiger partial charge in [-0.05, 0) is 96.3 Å². The number of esters is 3. The van der Waals surface area contributed by atoms with Gasteiger partial charge in [-0.1, -0.05) is 331 Å². The molecule has 0 saturated heterocycles. The highest BCUT2D eigenvalue weighted by atomic mass is 16.6. The van der Waals surface area contributed by atoms with E-state index in [4.69, 9.17) is 14.2 Å². The molecule has 0 bridgehead atoms. The molecule has 0 aromatic rings. The molecule has 0 N–H and O–H groups in total. The van der Waals surface area contributed by atoms with Crippen molar-refractivity contribution >= 4 is 17.9 Å². The maximum Gasteiger partial charge on any atom is 0.306 e. The van der Waals surface area contributed by atoms with Crippen molar-refractivity contribution in [3.05, 3.63) is 85.1 Å². The van der Waals surface area contributed by atoms with Crippen LogP contribution in [0.15, 0.2) is 85.1 Å². The lowest BCUT2D eigenvalue weighted by molar-refractivity contribution is -0.167. The molecule has 0 spiro atoms. The third-order valence-corrected chi connectivity index (χ3v) is 15.6. The normalized spacial score (nSPS) is 12.6. The first-order valence-corrected chi connectivity index (χ1v) is 35.6. The molecule has 0 aromatic heterocycles. The quantitative estimate of drug-likeness (QED) is 0.0261. The summed E-state index contributed by atoms with van der Waals surface area (Å²) >= 11 is 0. The Hall–Kier alpha value is -3.41. The summed E-state index contributed by atoms with van der Waals surface area (Å²) in [5.74, 6) is -0.871. The van der Waals surface area contributed by atoms with Gasteiger partial charge in [-0.2, -0.15) is 0 Å². The number of hydrogen-bond donors (Lipinski definition) is 0. The fourth-order valence-corrected chi connectivity index (χ4v) is 10.3. The summed E-state index contributed by atoms with van der Waals surface area (Å²) < 4.78 is 17.0. The molecule has 6 nitrogen and oxygen atoms in total. The molecule has 0 radical (unpaired) electrons. The van der Waals surface area contributed by atoms with Crippen LogP contribution in [0, 0.1) is 0 Å². The Balaban J connectivity index is 4.29. The summed E-state index contributed by atoms with van der Waals surface area (Å²) in [6, 6.07) is 0. The third kappa shape index (κ3) is 67.4. The molecular formula is C76H134O6. The number of carbonyl (C=O) groups excluding carboxylic acids is 3. The Labute approximate surface area is 509 Å². The molecule has 0 amide bonds. The molecule has 0 rings (SSSR count). The summed E-state index contributed by atoms with van der Waals surface area (Å²) in [4.78, 5) is 38.5. The van der Waals surface area contributed by atoms with Crippen molar-refractivity contribution in [1.82, 2.24) is 0 Å². The average molecular weight is 1140 g/mol. The minimum absolute atomic E-state index is 0.0774. The maximum absolute atomic E-state index is 13.0. The number of hydrogen-bond acceptors (Lipinski definition) is 6. The van der Waals surface area contributed by atoms with Crippen LogP contribution in [0.5, 0.6) is 0 Å². The van der Waals surface area contributed by atoms with Crippen molar-refractivity contribution in [3.63, 3.8) is 0 Å². The number of carbonyl (C=O) groups is 3. The van der Waals surface area contributed by atoms with Gasteiger partial charge in [0.1, 0.15) is 13.2 Å². The molecule has 0 heterocycles. The van der Waals surface area contributed by atoms with Crippen LogP contribution in [-0.2, 0) is 28.6 Å². The molecule has 1 unspecified atom stereocenters. The molecule has 474 valence electrons. The largest absolute Gasteiger partial charge is 0.462 e. The van der Waals surface area contributed by atoms with Crippen molar-refractivity contribution in [2.75, 3.05) is 13.2 Å². The summed E-state index contributed by atoms with van der Waals surface area (Å²) in [7, 11) is 0. The molecule has 82 heavy (non-hydrogen) atoms. The summed E-state index contributed by atoms with van der Waals surface area (Å²) in [6.45, 7) is 6.55. The number of ether oxygens (including phenoxy) is 3. The zero-order valence-electron chi connectivity index (χ0n) is 54.5. The second-order valence-electron chi connectivity index (χ2n) is 23.8. The van der Waals surface area contributed by atoms with E-state index in [9.17, 15) is 14.4 Å². The van der Waals surface area contributed by atoms with Crippen LogP contribution in [0.4, 0.5) is 0 Å². The third-order valence-electron chi connectivity index (χ3n) is 15.6. The van der Waals surface area contributed by atoms with Crippen LogP contribution < -0.4 is 0 Å². The van der Waals surface area contributed by atoms with Gasteiger partial charge in [0.2, 0.25) is 0 Å². The smallest absolute Gasteiger partial charge is 0.306 e. The molecule has 0 fully saturated rings. The lowest BCUT2D eigenvalue weighted by Crippen LogP contribution is -2.30. The second-order valence-corrected chi connectivity index (χ2v) is 23.8. The monoisotopic (exact) mass is 1140 g/mol. The summed E-state index contributed by atoms with van der Waals surface area (Å²) in [5.41, 5.74) is 0. The average Bonchev–Trinajstić information content (AvgIpc) is 3.47. The molecule has 0 aromatic carbocycles. The van der Waals surface area contributed by atoms with Gasteiger partial charge in [0.05, 0.1) is 0 Å². The van der Waals surface area contributed by atoms with Gasteiger partial charge in [0.15, 0.2) is 6.10 Å². The Bertz CT molecular complexity index is 1550. The second kappa shape index (κ2) is 70.1. The molecule has 0 saturated carbocycles. The van der Waals surface area contributed by atoms with E-state index in [1.807, 2.05) is 0 Å². The number of allylic oxidation sites excluding steroid dienone is 14. The van der Waals surface area contributed by atoms with Crippen molar-refractivity contribution in [2.24, 2.45) is 0 Å². The van der Waals surface area contributed by atoms with Gasteiger partial charge in [0, 0.05) is 19.3 Å². The van der Waals surface area contributed by atoms with E-state index in [0.29, 0.717) is 19.3 Å². The van der Waals surface area contributed by atoms with Crippen molar-refractivity contribution < 1.29 is 28.6 Å². The van der Waals surface area contributed by atoms with Crippen LogP contribution in [0.3, 0.4) is 0 Å². The standard InChI is InChI=1S/C76H134O6/c1-4-7-10-13-16-19-22-25-28-31-33-34-35-36-37-38-39-40-41-42-44-45-48-51-54-57-60-63-66-69-75(78)81-72-73(71-80-74(77)68-65-62-59-56-53-50-47-30-27-24-21-18-15-12-9-6-3)82-76(79)70-67-64-61-58-55-52-49-46-43-32-29-26-23-20-17-14-11-8-5-2/h7,10,16,19,21,24-25,28,30,33-34,36-37,47,73H,4-6,8-9,11-15,17-18,20,22-23,26-27,29,31-32,35,38-46,48-72H2,1-3H3/b10-7-,19-16-,24-21-,28-25-,34-33-,37-36-,47-30-. The minimum Gasteiger partial charge on any atom is -0.462 e. The van der Waals surface area contributed by atoms with Gasteiger partial charge in [-0.25, -0.2) is 0 Å². The lowest BCUT2D eigenvalue weighted by atomic mass is 10.0. The van der Waals surface area contributed by atoms with E-state index in [2.05, 4.69) is 106 Å². The van der Waals surface area contributed by atoms with Crippen molar-refractivity contribution in [2.45, 2.75) is 367 Å². The maximum atomic E-state index is 13.0. The Kier molecular flexibility index (Phi) is 67.2. The van der Waals surface area contributed by atoms with Crippen molar-refractivity contribution in [3.8, 4) is 0 Å². The van der Waals surface area contributed by atoms with Crippen LogP contribution in [0.2, 0.25) is 0 Å². The first-order valence-electron chi connectivity index (χ1n) is 35.6. The van der Waals surface area contributed by atoms with E-state index in [1.165, 1.54) is 212 Å². The van der Waals surface area contributed by atoms with E-state index in [-0.39, 0.29) is 31.1 Å². The predicted molar refractivity (Wildman–Crippen MR) is 358 cm³/mol. The Morgan fingerprint density at radius 1 is 0.256 bits per heavy atom. The highest BCUT2D eigenvalue weighted by molar-refractivity contribution is 5.71. The highest BCUT2D eigenvalue weighted by Gasteiger charge is 2.19.